The molecule has 0 bridgehead atoms. The third kappa shape index (κ3) is 4.15. The van der Waals surface area contributed by atoms with E-state index in [1.807, 2.05) is 31.2 Å². The maximum absolute atomic E-state index is 12.4. The molecule has 0 amide bonds. The van der Waals surface area contributed by atoms with E-state index >= 15 is 0 Å². The molecule has 0 saturated carbocycles. The maximum atomic E-state index is 12.4. The number of benzene rings is 1. The summed E-state index contributed by atoms with van der Waals surface area (Å²) in [5, 5.41) is 11.1. The molecular weight excluding hydrogens is 380 g/mol. The second kappa shape index (κ2) is 8.66. The van der Waals surface area contributed by atoms with Crippen molar-refractivity contribution in [3.63, 3.8) is 0 Å². The number of aromatic amines is 1. The number of H-pyrrole nitrogens is 1. The van der Waals surface area contributed by atoms with Gasteiger partial charge in [-0.05, 0) is 29.9 Å². The van der Waals surface area contributed by atoms with E-state index in [0.717, 1.165) is 12.2 Å². The number of aryl methyl sites for hydroxylation is 2. The minimum Gasteiger partial charge on any atom is -0.491 e. The van der Waals surface area contributed by atoms with Gasteiger partial charge in [0.25, 0.3) is 5.56 Å². The number of aromatic nitrogens is 4. The van der Waals surface area contributed by atoms with E-state index in [-0.39, 0.29) is 18.7 Å². The molecule has 0 aliphatic heterocycles. The van der Waals surface area contributed by atoms with Gasteiger partial charge >= 0.3 is 5.69 Å². The zero-order chi connectivity index (χ0) is 20.3. The Morgan fingerprint density at radius 3 is 2.61 bits per heavy atom. The van der Waals surface area contributed by atoms with Gasteiger partial charge in [0.2, 0.25) is 0 Å². The normalized spacial score (nSPS) is 12.4. The van der Waals surface area contributed by atoms with Crippen LogP contribution in [0, 0.1) is 0 Å². The maximum Gasteiger partial charge on any atom is 0.329 e. The number of nitrogens with zero attached hydrogens (tertiary/aromatic N) is 3. The Labute approximate surface area is 166 Å². The van der Waals surface area contributed by atoms with Crippen molar-refractivity contribution in [3.8, 4) is 5.75 Å². The lowest BCUT2D eigenvalue weighted by molar-refractivity contribution is 0.0914. The van der Waals surface area contributed by atoms with Crippen LogP contribution in [0.5, 0.6) is 5.75 Å². The highest BCUT2D eigenvalue weighted by Crippen LogP contribution is 2.22. The first kappa shape index (κ1) is 20.2. The fourth-order valence-electron chi connectivity index (χ4n) is 2.90. The van der Waals surface area contributed by atoms with Crippen molar-refractivity contribution in [3.05, 3.63) is 50.7 Å². The Bertz CT molecular complexity index is 1070. The van der Waals surface area contributed by atoms with Crippen molar-refractivity contribution < 1.29 is 9.84 Å². The summed E-state index contributed by atoms with van der Waals surface area (Å²) in [6.07, 6.45) is 0.0991. The average Bonchev–Trinajstić information content (AvgIpc) is 3.04. The van der Waals surface area contributed by atoms with Crippen LogP contribution in [0.4, 0.5) is 0 Å². The van der Waals surface area contributed by atoms with E-state index < -0.39 is 17.4 Å². The molecular formula is C19H24N4O4S. The number of imidazole rings is 1. The van der Waals surface area contributed by atoms with E-state index in [0.29, 0.717) is 16.6 Å². The summed E-state index contributed by atoms with van der Waals surface area (Å²) in [5.41, 5.74) is 0.743. The second-order valence-electron chi connectivity index (χ2n) is 6.39. The molecule has 0 saturated heterocycles. The Morgan fingerprint density at radius 2 is 1.96 bits per heavy atom. The quantitative estimate of drug-likeness (QED) is 0.552. The number of thioether (sulfide) groups is 1. The SMILES string of the molecule is CCSc1nc2c(c(=O)[nH]c(=O)n2C)n1CC(O)COc1ccc(CC)cc1. The van der Waals surface area contributed by atoms with Gasteiger partial charge in [0.15, 0.2) is 16.3 Å². The molecule has 2 aromatic heterocycles. The Kier molecular flexibility index (Phi) is 6.25. The van der Waals surface area contributed by atoms with E-state index in [2.05, 4.69) is 16.9 Å². The number of hydrogen-bond donors (Lipinski definition) is 2. The summed E-state index contributed by atoms with van der Waals surface area (Å²) in [7, 11) is 1.55. The molecule has 3 aromatic rings. The summed E-state index contributed by atoms with van der Waals surface area (Å²) in [5.74, 6) is 1.42. The van der Waals surface area contributed by atoms with Crippen LogP contribution in [0.1, 0.15) is 19.4 Å². The summed E-state index contributed by atoms with van der Waals surface area (Å²) >= 11 is 1.44. The second-order valence-corrected chi connectivity index (χ2v) is 7.62. The van der Waals surface area contributed by atoms with Crippen LogP contribution in [0.2, 0.25) is 0 Å². The van der Waals surface area contributed by atoms with Gasteiger partial charge < -0.3 is 14.4 Å². The largest absolute Gasteiger partial charge is 0.491 e. The number of ether oxygens (including phenoxy) is 1. The molecule has 28 heavy (non-hydrogen) atoms. The number of aliphatic hydroxyl groups excluding tert-OH is 1. The smallest absolute Gasteiger partial charge is 0.329 e. The van der Waals surface area contributed by atoms with Crippen LogP contribution in [-0.2, 0) is 20.0 Å². The fourth-order valence-corrected chi connectivity index (χ4v) is 3.63. The molecule has 1 aromatic carbocycles. The highest BCUT2D eigenvalue weighted by Gasteiger charge is 2.19. The van der Waals surface area contributed by atoms with Gasteiger partial charge in [-0.15, -0.1) is 0 Å². The van der Waals surface area contributed by atoms with Crippen LogP contribution in [0.25, 0.3) is 11.2 Å². The van der Waals surface area contributed by atoms with Gasteiger partial charge in [-0.3, -0.25) is 14.3 Å². The molecule has 8 nitrogen and oxygen atoms in total. The number of aliphatic hydroxyl groups is 1. The fraction of sp³-hybridized carbons (Fsp3) is 0.421. The predicted molar refractivity (Wildman–Crippen MR) is 109 cm³/mol. The zero-order valence-electron chi connectivity index (χ0n) is 16.1. The van der Waals surface area contributed by atoms with Crippen LogP contribution >= 0.6 is 11.8 Å². The number of rotatable bonds is 8. The van der Waals surface area contributed by atoms with Crippen molar-refractivity contribution in [1.82, 2.24) is 19.1 Å². The first-order chi connectivity index (χ1) is 13.4. The molecule has 0 spiro atoms. The molecule has 0 radical (unpaired) electrons. The molecule has 150 valence electrons. The van der Waals surface area contributed by atoms with Crippen molar-refractivity contribution in [2.75, 3.05) is 12.4 Å². The van der Waals surface area contributed by atoms with Crippen LogP contribution in [0.3, 0.4) is 0 Å². The summed E-state index contributed by atoms with van der Waals surface area (Å²) in [6.45, 7) is 4.26. The highest BCUT2D eigenvalue weighted by molar-refractivity contribution is 7.99. The summed E-state index contributed by atoms with van der Waals surface area (Å²) < 4.78 is 8.61. The van der Waals surface area contributed by atoms with Crippen molar-refractivity contribution in [2.45, 2.75) is 38.1 Å². The van der Waals surface area contributed by atoms with Crippen LogP contribution in [0.15, 0.2) is 39.0 Å². The minimum atomic E-state index is -0.851. The molecule has 0 aliphatic rings. The van der Waals surface area contributed by atoms with E-state index in [4.69, 9.17) is 4.74 Å². The molecule has 9 heteroatoms. The molecule has 1 unspecified atom stereocenters. The van der Waals surface area contributed by atoms with Gasteiger partial charge in [-0.1, -0.05) is 37.7 Å². The Balaban J connectivity index is 1.83. The van der Waals surface area contributed by atoms with Crippen molar-refractivity contribution in [2.24, 2.45) is 7.05 Å². The lowest BCUT2D eigenvalue weighted by atomic mass is 10.2. The van der Waals surface area contributed by atoms with Gasteiger partial charge in [-0.2, -0.15) is 0 Å². The van der Waals surface area contributed by atoms with Gasteiger partial charge in [0, 0.05) is 7.05 Å². The molecule has 0 fully saturated rings. The first-order valence-corrected chi connectivity index (χ1v) is 10.1. The van der Waals surface area contributed by atoms with Crippen molar-refractivity contribution in [1.29, 1.82) is 0 Å². The molecule has 1 atom stereocenters. The van der Waals surface area contributed by atoms with Crippen LogP contribution in [-0.4, -0.2) is 42.7 Å². The third-order valence-electron chi connectivity index (χ3n) is 4.41. The zero-order valence-corrected chi connectivity index (χ0v) is 17.0. The standard InChI is InChI=1S/C19H24N4O4S/c1-4-12-6-8-14(9-7-12)27-11-13(24)10-23-15-16(20-19(23)28-5-2)22(3)18(26)21-17(15)25/h6-9,13,24H,4-5,10-11H2,1-3H3,(H,21,25,26). The van der Waals surface area contributed by atoms with Gasteiger partial charge in [0.1, 0.15) is 18.5 Å². The van der Waals surface area contributed by atoms with E-state index in [1.54, 1.807) is 11.6 Å². The lowest BCUT2D eigenvalue weighted by Gasteiger charge is -2.15. The van der Waals surface area contributed by atoms with Crippen molar-refractivity contribution >= 4 is 22.9 Å². The topological polar surface area (TPSA) is 102 Å². The average molecular weight is 404 g/mol. The third-order valence-corrected chi connectivity index (χ3v) is 5.27. The Morgan fingerprint density at radius 1 is 1.25 bits per heavy atom. The highest BCUT2D eigenvalue weighted by atomic mass is 32.2. The van der Waals surface area contributed by atoms with Crippen LogP contribution < -0.4 is 16.0 Å². The summed E-state index contributed by atoms with van der Waals surface area (Å²) in [4.78, 5) is 30.9. The number of fused-ring (bicyclic) bond motifs is 1. The number of nitrogens with one attached hydrogen (secondary N) is 1. The molecule has 0 aliphatic carbocycles. The monoisotopic (exact) mass is 404 g/mol. The Hall–Kier alpha value is -2.52. The molecule has 3 rings (SSSR count). The van der Waals surface area contributed by atoms with E-state index in [9.17, 15) is 14.7 Å². The lowest BCUT2D eigenvalue weighted by Crippen LogP contribution is -2.30. The van der Waals surface area contributed by atoms with E-state index in [1.165, 1.54) is 21.9 Å². The molecule has 2 N–H and O–H groups in total. The van der Waals surface area contributed by atoms with Gasteiger partial charge in [0.05, 0.1) is 6.54 Å². The number of hydrogen-bond acceptors (Lipinski definition) is 6. The minimum absolute atomic E-state index is 0.0744. The predicted octanol–water partition coefficient (Wildman–Crippen LogP) is 1.54. The van der Waals surface area contributed by atoms with Gasteiger partial charge in [-0.25, -0.2) is 9.78 Å². The summed E-state index contributed by atoms with van der Waals surface area (Å²) in [6, 6.07) is 7.72. The molecule has 2 heterocycles. The first-order valence-electron chi connectivity index (χ1n) is 9.16.